The summed E-state index contributed by atoms with van der Waals surface area (Å²) >= 11 is 0. The van der Waals surface area contributed by atoms with E-state index < -0.39 is 21.5 Å². The van der Waals surface area contributed by atoms with Crippen molar-refractivity contribution < 1.29 is 18.3 Å². The first-order valence-electron chi connectivity index (χ1n) is 6.07. The second kappa shape index (κ2) is 5.80. The van der Waals surface area contributed by atoms with Crippen molar-refractivity contribution in [3.8, 4) is 5.75 Å². The highest BCUT2D eigenvalue weighted by atomic mass is 32.2. The fraction of sp³-hybridized carbons (Fsp3) is 0.462. The molecule has 0 atom stereocenters. The third-order valence-corrected chi connectivity index (χ3v) is 3.47. The van der Waals surface area contributed by atoms with Crippen LogP contribution in [0.1, 0.15) is 29.8 Å². The van der Waals surface area contributed by atoms with Gasteiger partial charge in [0.2, 0.25) is 10.0 Å². The summed E-state index contributed by atoms with van der Waals surface area (Å²) < 4.78 is 24.8. The zero-order valence-electron chi connectivity index (χ0n) is 12.0. The number of rotatable bonds is 5. The molecule has 0 aliphatic carbocycles. The largest absolute Gasteiger partial charge is 0.507 e. The number of aromatic hydroxyl groups is 1. The van der Waals surface area contributed by atoms with E-state index in [9.17, 15) is 18.3 Å². The highest BCUT2D eigenvalue weighted by Crippen LogP contribution is 2.18. The maximum absolute atomic E-state index is 11.9. The lowest BCUT2D eigenvalue weighted by Crippen LogP contribution is -2.51. The molecule has 0 heterocycles. The summed E-state index contributed by atoms with van der Waals surface area (Å²) in [6.45, 7) is 5.22. The molecule has 112 valence electrons. The van der Waals surface area contributed by atoms with Gasteiger partial charge in [-0.05, 0) is 38.5 Å². The number of benzene rings is 1. The second-order valence-corrected chi connectivity index (χ2v) is 7.21. The van der Waals surface area contributed by atoms with E-state index in [1.807, 2.05) is 0 Å². The lowest BCUT2D eigenvalue weighted by Gasteiger charge is -2.25. The quantitative estimate of drug-likeness (QED) is 0.748. The SMILES string of the molecule is Cc1ccc(C(=O)NCC(C)(C)NS(C)(=O)=O)c(O)c1. The highest BCUT2D eigenvalue weighted by Gasteiger charge is 2.23. The van der Waals surface area contributed by atoms with Crippen LogP contribution in [0.5, 0.6) is 5.75 Å². The van der Waals surface area contributed by atoms with Gasteiger partial charge < -0.3 is 10.4 Å². The van der Waals surface area contributed by atoms with Gasteiger partial charge in [-0.15, -0.1) is 0 Å². The van der Waals surface area contributed by atoms with Gasteiger partial charge in [0.1, 0.15) is 5.75 Å². The number of sulfonamides is 1. The summed E-state index contributed by atoms with van der Waals surface area (Å²) in [5, 5.41) is 12.3. The monoisotopic (exact) mass is 300 g/mol. The molecule has 0 saturated carbocycles. The van der Waals surface area contributed by atoms with E-state index in [2.05, 4.69) is 10.0 Å². The summed E-state index contributed by atoms with van der Waals surface area (Å²) in [5.74, 6) is -0.553. The van der Waals surface area contributed by atoms with E-state index in [0.717, 1.165) is 11.8 Å². The maximum Gasteiger partial charge on any atom is 0.255 e. The van der Waals surface area contributed by atoms with Crippen LogP contribution in [0.15, 0.2) is 18.2 Å². The highest BCUT2D eigenvalue weighted by molar-refractivity contribution is 7.88. The van der Waals surface area contributed by atoms with Gasteiger partial charge in [0.15, 0.2) is 0 Å². The molecule has 7 heteroatoms. The molecule has 0 aromatic heterocycles. The van der Waals surface area contributed by atoms with Crippen LogP contribution in [0, 0.1) is 6.92 Å². The minimum absolute atomic E-state index is 0.101. The van der Waals surface area contributed by atoms with Crippen LogP contribution in [0.3, 0.4) is 0 Å². The van der Waals surface area contributed by atoms with Crippen molar-refractivity contribution in [2.75, 3.05) is 12.8 Å². The smallest absolute Gasteiger partial charge is 0.255 e. The summed E-state index contributed by atoms with van der Waals surface area (Å²) in [6.07, 6.45) is 1.06. The van der Waals surface area contributed by atoms with Gasteiger partial charge >= 0.3 is 0 Å². The van der Waals surface area contributed by atoms with Gasteiger partial charge in [-0.2, -0.15) is 0 Å². The Morgan fingerprint density at radius 3 is 2.45 bits per heavy atom. The van der Waals surface area contributed by atoms with Crippen molar-refractivity contribution >= 4 is 15.9 Å². The van der Waals surface area contributed by atoms with Crippen LogP contribution >= 0.6 is 0 Å². The first-order valence-corrected chi connectivity index (χ1v) is 7.96. The molecule has 0 spiro atoms. The topological polar surface area (TPSA) is 95.5 Å². The molecule has 0 radical (unpaired) electrons. The number of phenolic OH excluding ortho intramolecular Hbond substituents is 1. The Labute approximate surface area is 119 Å². The Morgan fingerprint density at radius 1 is 1.35 bits per heavy atom. The number of aryl methyl sites for hydroxylation is 1. The number of amides is 1. The van der Waals surface area contributed by atoms with Crippen molar-refractivity contribution in [3.05, 3.63) is 29.3 Å². The van der Waals surface area contributed by atoms with Crippen molar-refractivity contribution in [2.45, 2.75) is 26.3 Å². The van der Waals surface area contributed by atoms with Gasteiger partial charge in [0, 0.05) is 12.1 Å². The van der Waals surface area contributed by atoms with E-state index in [1.165, 1.54) is 12.1 Å². The minimum atomic E-state index is -3.36. The summed E-state index contributed by atoms with van der Waals surface area (Å²) in [4.78, 5) is 11.9. The Morgan fingerprint density at radius 2 is 1.95 bits per heavy atom. The van der Waals surface area contributed by atoms with E-state index in [0.29, 0.717) is 0 Å². The molecule has 0 bridgehead atoms. The third kappa shape index (κ3) is 5.18. The Kier molecular flexibility index (Phi) is 4.77. The number of phenols is 1. The standard InChI is InChI=1S/C13H20N2O4S/c1-9-5-6-10(11(16)7-9)12(17)14-8-13(2,3)15-20(4,18)19/h5-7,15-16H,8H2,1-4H3,(H,14,17). The third-order valence-electron chi connectivity index (χ3n) is 2.55. The molecule has 0 aliphatic heterocycles. The number of nitrogens with one attached hydrogen (secondary N) is 2. The van der Waals surface area contributed by atoms with E-state index in [4.69, 9.17) is 0 Å². The summed E-state index contributed by atoms with van der Waals surface area (Å²) in [6, 6.07) is 4.74. The zero-order valence-corrected chi connectivity index (χ0v) is 12.8. The molecule has 0 aliphatic rings. The number of hydrogen-bond acceptors (Lipinski definition) is 4. The van der Waals surface area contributed by atoms with Crippen molar-refractivity contribution in [1.82, 2.24) is 10.0 Å². The van der Waals surface area contributed by atoms with Crippen LogP contribution in [0.25, 0.3) is 0 Å². The molecule has 20 heavy (non-hydrogen) atoms. The normalized spacial score (nSPS) is 12.2. The molecule has 0 fully saturated rings. The minimum Gasteiger partial charge on any atom is -0.507 e. The first-order chi connectivity index (χ1) is 9.00. The van der Waals surface area contributed by atoms with Gasteiger partial charge in [-0.1, -0.05) is 6.07 Å². The van der Waals surface area contributed by atoms with Crippen molar-refractivity contribution in [1.29, 1.82) is 0 Å². The van der Waals surface area contributed by atoms with E-state index in [-0.39, 0.29) is 17.9 Å². The molecule has 1 aromatic rings. The Balaban J connectivity index is 2.72. The molecule has 0 unspecified atom stereocenters. The van der Waals surface area contributed by atoms with E-state index >= 15 is 0 Å². The molecular formula is C13H20N2O4S. The Bertz CT molecular complexity index is 609. The predicted molar refractivity (Wildman–Crippen MR) is 77.2 cm³/mol. The number of hydrogen-bond donors (Lipinski definition) is 3. The number of carbonyl (C=O) groups is 1. The molecule has 3 N–H and O–H groups in total. The fourth-order valence-corrected chi connectivity index (χ4v) is 2.84. The molecule has 1 amide bonds. The molecule has 6 nitrogen and oxygen atoms in total. The fourth-order valence-electron chi connectivity index (χ4n) is 1.77. The predicted octanol–water partition coefficient (Wildman–Crippen LogP) is 0.758. The van der Waals surface area contributed by atoms with Crippen LogP contribution in [-0.2, 0) is 10.0 Å². The maximum atomic E-state index is 11.9. The Hall–Kier alpha value is -1.60. The second-order valence-electron chi connectivity index (χ2n) is 5.46. The molecule has 1 aromatic carbocycles. The van der Waals surface area contributed by atoms with Gasteiger partial charge in [0.05, 0.1) is 11.8 Å². The van der Waals surface area contributed by atoms with Crippen LogP contribution in [0.4, 0.5) is 0 Å². The molecule has 1 rings (SSSR count). The average molecular weight is 300 g/mol. The van der Waals surface area contributed by atoms with Gasteiger partial charge in [-0.3, -0.25) is 4.79 Å². The van der Waals surface area contributed by atoms with Crippen LogP contribution < -0.4 is 10.0 Å². The van der Waals surface area contributed by atoms with Crippen LogP contribution in [0.2, 0.25) is 0 Å². The lowest BCUT2D eigenvalue weighted by molar-refractivity contribution is 0.0942. The van der Waals surface area contributed by atoms with Crippen molar-refractivity contribution in [2.24, 2.45) is 0 Å². The number of carbonyl (C=O) groups excluding carboxylic acids is 1. The molecular weight excluding hydrogens is 280 g/mol. The lowest BCUT2D eigenvalue weighted by atomic mass is 10.1. The van der Waals surface area contributed by atoms with Crippen LogP contribution in [-0.4, -0.2) is 37.8 Å². The molecule has 0 saturated heterocycles. The van der Waals surface area contributed by atoms with Crippen molar-refractivity contribution in [3.63, 3.8) is 0 Å². The zero-order chi connectivity index (χ0) is 15.6. The summed E-state index contributed by atoms with van der Waals surface area (Å²) in [5.41, 5.74) is 0.188. The first kappa shape index (κ1) is 16.5. The van der Waals surface area contributed by atoms with E-state index in [1.54, 1.807) is 26.8 Å². The summed E-state index contributed by atoms with van der Waals surface area (Å²) in [7, 11) is -3.36. The average Bonchev–Trinajstić information content (AvgIpc) is 2.22. The van der Waals surface area contributed by atoms with Gasteiger partial charge in [0.25, 0.3) is 5.91 Å². The van der Waals surface area contributed by atoms with Gasteiger partial charge in [-0.25, -0.2) is 13.1 Å².